The van der Waals surface area contributed by atoms with Crippen molar-refractivity contribution < 1.29 is 28.5 Å². The maximum atomic E-state index is 13.9. The minimum atomic E-state index is -0.838. The van der Waals surface area contributed by atoms with Gasteiger partial charge in [0.15, 0.2) is 16.3 Å². The number of carbonyl (C=O) groups is 1. The predicted molar refractivity (Wildman–Crippen MR) is 147 cm³/mol. The van der Waals surface area contributed by atoms with Crippen LogP contribution in [0.4, 0.5) is 0 Å². The number of rotatable bonds is 8. The van der Waals surface area contributed by atoms with E-state index in [4.69, 9.17) is 23.7 Å². The number of allylic oxidation sites excluding steroid dienone is 1. The van der Waals surface area contributed by atoms with Crippen LogP contribution >= 0.6 is 27.3 Å². The van der Waals surface area contributed by atoms with E-state index in [2.05, 4.69) is 20.9 Å². The molecule has 3 aromatic rings. The fourth-order valence-corrected chi connectivity index (χ4v) is 5.98. The summed E-state index contributed by atoms with van der Waals surface area (Å²) in [6.07, 6.45) is 1.75. The Hall–Kier alpha value is -3.57. The molecule has 1 unspecified atom stereocenters. The molecule has 1 aromatic heterocycles. The van der Waals surface area contributed by atoms with Crippen molar-refractivity contribution in [3.63, 3.8) is 0 Å². The van der Waals surface area contributed by atoms with Crippen molar-refractivity contribution in [2.75, 3.05) is 35.0 Å². The van der Waals surface area contributed by atoms with Gasteiger partial charge in [0.2, 0.25) is 0 Å². The van der Waals surface area contributed by atoms with Gasteiger partial charge < -0.3 is 23.7 Å². The van der Waals surface area contributed by atoms with E-state index in [1.165, 1.54) is 23.0 Å². The van der Waals surface area contributed by atoms with Crippen LogP contribution in [-0.4, -0.2) is 45.6 Å². The van der Waals surface area contributed by atoms with Gasteiger partial charge in [-0.25, -0.2) is 9.79 Å². The second-order valence-corrected chi connectivity index (χ2v) is 10.0. The summed E-state index contributed by atoms with van der Waals surface area (Å²) in [5.74, 6) is 1.55. The van der Waals surface area contributed by atoms with Gasteiger partial charge in [0.05, 0.1) is 55.3 Å². The molecule has 0 amide bonds. The third kappa shape index (κ3) is 4.95. The van der Waals surface area contributed by atoms with Crippen LogP contribution < -0.4 is 33.8 Å². The molecule has 4 rings (SSSR count). The SMILES string of the molecule is CCOC(=O)C1=C(C)N=c2s/c(=C/c3cc(Br)c(OC)c(OC)c3)c(=O)n2C1c1cc(OC)ccc1OC. The average molecular weight is 603 g/mol. The molecule has 0 bridgehead atoms. The fraction of sp³-hybridized carbons (Fsp3) is 0.296. The third-order valence-corrected chi connectivity index (χ3v) is 7.57. The van der Waals surface area contributed by atoms with Crippen LogP contribution in [0.3, 0.4) is 0 Å². The van der Waals surface area contributed by atoms with Crippen LogP contribution in [0, 0.1) is 0 Å². The maximum Gasteiger partial charge on any atom is 0.338 e. The standard InChI is InChI=1S/C27H27BrN2O7S/c1-7-37-26(32)22-14(2)29-27-30(23(22)17-13-16(33-3)8-9-19(17)34-4)25(31)21(38-27)12-15-10-18(28)24(36-6)20(11-15)35-5/h8-13,23H,7H2,1-6H3/b21-12+. The van der Waals surface area contributed by atoms with Crippen molar-refractivity contribution in [1.82, 2.24) is 4.57 Å². The molecule has 2 heterocycles. The molecule has 11 heteroatoms. The Labute approximate surface area is 231 Å². The molecule has 0 spiro atoms. The first-order valence-electron chi connectivity index (χ1n) is 11.6. The molecule has 200 valence electrons. The number of benzene rings is 2. The van der Waals surface area contributed by atoms with E-state index in [0.717, 1.165) is 5.56 Å². The molecular weight excluding hydrogens is 576 g/mol. The summed E-state index contributed by atoms with van der Waals surface area (Å²) >= 11 is 4.72. The topological polar surface area (TPSA) is 97.6 Å². The summed E-state index contributed by atoms with van der Waals surface area (Å²) in [5.41, 5.74) is 1.69. The van der Waals surface area contributed by atoms with Crippen LogP contribution in [0.2, 0.25) is 0 Å². The van der Waals surface area contributed by atoms with Crippen molar-refractivity contribution in [3.8, 4) is 23.0 Å². The monoisotopic (exact) mass is 602 g/mol. The van der Waals surface area contributed by atoms with Crippen molar-refractivity contribution in [2.45, 2.75) is 19.9 Å². The molecule has 0 aliphatic carbocycles. The van der Waals surface area contributed by atoms with Gasteiger partial charge in [-0.15, -0.1) is 0 Å². The molecule has 2 aromatic carbocycles. The molecule has 0 fully saturated rings. The Morgan fingerprint density at radius 3 is 2.45 bits per heavy atom. The van der Waals surface area contributed by atoms with Crippen LogP contribution in [0.15, 0.2) is 55.9 Å². The number of fused-ring (bicyclic) bond motifs is 1. The Morgan fingerprint density at radius 2 is 1.82 bits per heavy atom. The van der Waals surface area contributed by atoms with Crippen LogP contribution in [0.25, 0.3) is 6.08 Å². The Kier molecular flexibility index (Phi) is 8.27. The van der Waals surface area contributed by atoms with Crippen LogP contribution in [0.5, 0.6) is 23.0 Å². The first kappa shape index (κ1) is 27.5. The lowest BCUT2D eigenvalue weighted by atomic mass is 9.94. The molecule has 1 atom stereocenters. The van der Waals surface area contributed by atoms with E-state index in [1.54, 1.807) is 65.5 Å². The summed E-state index contributed by atoms with van der Waals surface area (Å²) in [6.45, 7) is 3.63. The number of nitrogens with zero attached hydrogens (tertiary/aromatic N) is 2. The van der Waals surface area contributed by atoms with E-state index in [0.29, 0.717) is 48.1 Å². The largest absolute Gasteiger partial charge is 0.497 e. The number of methoxy groups -OCH3 is 4. The van der Waals surface area contributed by atoms with Crippen LogP contribution in [-0.2, 0) is 9.53 Å². The predicted octanol–water partition coefficient (Wildman–Crippen LogP) is 3.60. The van der Waals surface area contributed by atoms with Crippen molar-refractivity contribution in [1.29, 1.82) is 0 Å². The molecule has 1 aliphatic heterocycles. The highest BCUT2D eigenvalue weighted by Crippen LogP contribution is 2.38. The lowest BCUT2D eigenvalue weighted by Gasteiger charge is -2.26. The third-order valence-electron chi connectivity index (χ3n) is 6.00. The van der Waals surface area contributed by atoms with Crippen LogP contribution in [0.1, 0.15) is 31.0 Å². The Bertz CT molecular complexity index is 1610. The van der Waals surface area contributed by atoms with E-state index in [9.17, 15) is 9.59 Å². The summed E-state index contributed by atoms with van der Waals surface area (Å²) in [7, 11) is 6.18. The summed E-state index contributed by atoms with van der Waals surface area (Å²) < 4.78 is 29.9. The highest BCUT2D eigenvalue weighted by molar-refractivity contribution is 9.10. The Morgan fingerprint density at radius 1 is 1.08 bits per heavy atom. The number of hydrogen-bond donors (Lipinski definition) is 0. The normalized spacial score (nSPS) is 15.0. The minimum Gasteiger partial charge on any atom is -0.497 e. The lowest BCUT2D eigenvalue weighted by molar-refractivity contribution is -0.139. The van der Waals surface area contributed by atoms with Gasteiger partial charge in [0, 0.05) is 5.56 Å². The van der Waals surface area contributed by atoms with Gasteiger partial charge >= 0.3 is 5.97 Å². The van der Waals surface area contributed by atoms with Gasteiger partial charge in [0.1, 0.15) is 17.5 Å². The number of carbonyl (C=O) groups excluding carboxylic acids is 1. The van der Waals surface area contributed by atoms with E-state index >= 15 is 0 Å². The van der Waals surface area contributed by atoms with Crippen molar-refractivity contribution >= 4 is 39.3 Å². The zero-order valence-electron chi connectivity index (χ0n) is 21.8. The number of aromatic nitrogens is 1. The van der Waals surface area contributed by atoms with Gasteiger partial charge in [0.25, 0.3) is 5.56 Å². The Balaban J connectivity index is 2.00. The number of esters is 1. The fourth-order valence-electron chi connectivity index (χ4n) is 4.31. The molecule has 9 nitrogen and oxygen atoms in total. The highest BCUT2D eigenvalue weighted by Gasteiger charge is 2.35. The maximum absolute atomic E-state index is 13.9. The zero-order valence-corrected chi connectivity index (χ0v) is 24.2. The van der Waals surface area contributed by atoms with Gasteiger partial charge in [-0.2, -0.15) is 0 Å². The van der Waals surface area contributed by atoms with Crippen molar-refractivity contribution in [3.05, 3.63) is 76.9 Å². The minimum absolute atomic E-state index is 0.177. The molecule has 1 aliphatic rings. The van der Waals surface area contributed by atoms with E-state index in [1.807, 2.05) is 6.07 Å². The van der Waals surface area contributed by atoms with E-state index < -0.39 is 12.0 Å². The lowest BCUT2D eigenvalue weighted by Crippen LogP contribution is -2.40. The van der Waals surface area contributed by atoms with Crippen molar-refractivity contribution in [2.24, 2.45) is 4.99 Å². The van der Waals surface area contributed by atoms with Gasteiger partial charge in [-0.05, 0) is 71.7 Å². The summed E-state index contributed by atoms with van der Waals surface area (Å²) in [4.78, 5) is 32.2. The van der Waals surface area contributed by atoms with Gasteiger partial charge in [-0.1, -0.05) is 11.3 Å². The number of ether oxygens (including phenoxy) is 5. The zero-order chi connectivity index (χ0) is 27.6. The molecule has 0 radical (unpaired) electrons. The number of hydrogen-bond acceptors (Lipinski definition) is 9. The summed E-state index contributed by atoms with van der Waals surface area (Å²) in [5, 5.41) is 0. The summed E-state index contributed by atoms with van der Waals surface area (Å²) in [6, 6.07) is 8.01. The number of halogens is 1. The molecule has 0 N–H and O–H groups in total. The first-order chi connectivity index (χ1) is 18.3. The molecule has 38 heavy (non-hydrogen) atoms. The average Bonchev–Trinajstić information content (AvgIpc) is 3.21. The van der Waals surface area contributed by atoms with Gasteiger partial charge in [-0.3, -0.25) is 9.36 Å². The smallest absolute Gasteiger partial charge is 0.338 e. The highest BCUT2D eigenvalue weighted by atomic mass is 79.9. The quantitative estimate of drug-likeness (QED) is 0.363. The number of thiazole rings is 1. The molecular formula is C27H27BrN2O7S. The second kappa shape index (κ2) is 11.4. The second-order valence-electron chi connectivity index (χ2n) is 8.15. The first-order valence-corrected chi connectivity index (χ1v) is 13.2. The molecule has 0 saturated heterocycles. The van der Waals surface area contributed by atoms with E-state index in [-0.39, 0.29) is 17.7 Å². The molecule has 0 saturated carbocycles.